The Morgan fingerprint density at radius 3 is 2.64 bits per heavy atom. The molecule has 0 radical (unpaired) electrons. The molecule has 0 bridgehead atoms. The molecule has 0 fully saturated rings. The fourth-order valence-corrected chi connectivity index (χ4v) is 0.703. The van der Waals surface area contributed by atoms with Crippen LogP contribution in [0.3, 0.4) is 0 Å². The summed E-state index contributed by atoms with van der Waals surface area (Å²) in [5, 5.41) is 8.85. The second-order valence-corrected chi connectivity index (χ2v) is 3.19. The molecule has 0 aromatic heterocycles. The van der Waals surface area contributed by atoms with E-state index in [9.17, 15) is 4.79 Å². The first-order chi connectivity index (χ1) is 6.54. The van der Waals surface area contributed by atoms with Crippen LogP contribution in [-0.2, 0) is 14.3 Å². The van der Waals surface area contributed by atoms with E-state index >= 15 is 0 Å². The van der Waals surface area contributed by atoms with Gasteiger partial charge in [0.15, 0.2) is 0 Å². The highest BCUT2D eigenvalue weighted by Gasteiger charge is 2.02. The molecule has 4 nitrogen and oxygen atoms in total. The Bertz CT molecular complexity index is 187. The SMILES string of the molecule is C=C(C)C(=O)OCCCOCC(C)O. The van der Waals surface area contributed by atoms with E-state index in [0.717, 1.165) is 0 Å². The molecule has 1 N–H and O–H groups in total. The predicted octanol–water partition coefficient (Wildman–Crippen LogP) is 0.893. The van der Waals surface area contributed by atoms with Crippen LogP contribution in [0.4, 0.5) is 0 Å². The highest BCUT2D eigenvalue weighted by Crippen LogP contribution is 1.94. The fourth-order valence-electron chi connectivity index (χ4n) is 0.703. The zero-order valence-corrected chi connectivity index (χ0v) is 8.78. The lowest BCUT2D eigenvalue weighted by Crippen LogP contribution is -2.13. The van der Waals surface area contributed by atoms with E-state index in [1.807, 2.05) is 0 Å². The molecule has 1 atom stereocenters. The number of esters is 1. The quantitative estimate of drug-likeness (QED) is 0.378. The summed E-state index contributed by atoms with van der Waals surface area (Å²) in [5.41, 5.74) is 0.398. The van der Waals surface area contributed by atoms with Crippen molar-refractivity contribution in [1.29, 1.82) is 0 Å². The van der Waals surface area contributed by atoms with Crippen LogP contribution in [-0.4, -0.2) is 37.0 Å². The van der Waals surface area contributed by atoms with E-state index in [1.165, 1.54) is 0 Å². The normalized spacial score (nSPS) is 12.2. The minimum Gasteiger partial charge on any atom is -0.462 e. The van der Waals surface area contributed by atoms with Crippen LogP contribution in [0, 0.1) is 0 Å². The first kappa shape index (κ1) is 13.1. The molecule has 0 aliphatic carbocycles. The first-order valence-corrected chi connectivity index (χ1v) is 4.62. The number of ether oxygens (including phenoxy) is 2. The molecular weight excluding hydrogens is 184 g/mol. The molecule has 0 aromatic carbocycles. The van der Waals surface area contributed by atoms with Gasteiger partial charge < -0.3 is 14.6 Å². The van der Waals surface area contributed by atoms with Gasteiger partial charge in [-0.05, 0) is 13.8 Å². The average Bonchev–Trinajstić information content (AvgIpc) is 2.09. The van der Waals surface area contributed by atoms with Crippen LogP contribution in [0.15, 0.2) is 12.2 Å². The summed E-state index contributed by atoms with van der Waals surface area (Å²) in [6.07, 6.45) is 0.180. The molecule has 82 valence electrons. The van der Waals surface area contributed by atoms with Crippen LogP contribution in [0.5, 0.6) is 0 Å². The van der Waals surface area contributed by atoms with Crippen LogP contribution in [0.2, 0.25) is 0 Å². The molecular formula is C10H18O4. The molecule has 0 aliphatic heterocycles. The Labute approximate surface area is 84.5 Å². The maximum atomic E-state index is 10.9. The van der Waals surface area contributed by atoms with Gasteiger partial charge in [0, 0.05) is 18.6 Å². The van der Waals surface area contributed by atoms with E-state index in [0.29, 0.717) is 31.8 Å². The lowest BCUT2D eigenvalue weighted by Gasteiger charge is -2.06. The molecule has 0 aromatic rings. The Morgan fingerprint density at radius 2 is 2.14 bits per heavy atom. The molecule has 0 amide bonds. The third kappa shape index (κ3) is 7.76. The Morgan fingerprint density at radius 1 is 1.50 bits per heavy atom. The zero-order chi connectivity index (χ0) is 11.0. The largest absolute Gasteiger partial charge is 0.462 e. The van der Waals surface area contributed by atoms with Gasteiger partial charge in [-0.1, -0.05) is 6.58 Å². The van der Waals surface area contributed by atoms with Gasteiger partial charge in [-0.3, -0.25) is 0 Å². The van der Waals surface area contributed by atoms with Crippen molar-refractivity contribution in [3.63, 3.8) is 0 Å². The number of hydrogen-bond donors (Lipinski definition) is 1. The maximum Gasteiger partial charge on any atom is 0.333 e. The summed E-state index contributed by atoms with van der Waals surface area (Å²) >= 11 is 0. The van der Waals surface area contributed by atoms with Gasteiger partial charge in [0.25, 0.3) is 0 Å². The number of rotatable bonds is 7. The maximum absolute atomic E-state index is 10.9. The van der Waals surface area contributed by atoms with Crippen molar-refractivity contribution in [2.24, 2.45) is 0 Å². The minimum atomic E-state index is -0.451. The van der Waals surface area contributed by atoms with Crippen molar-refractivity contribution in [3.8, 4) is 0 Å². The Hall–Kier alpha value is -0.870. The Kier molecular flexibility index (Phi) is 7.06. The van der Waals surface area contributed by atoms with Crippen LogP contribution in [0.1, 0.15) is 20.3 Å². The standard InChI is InChI=1S/C10H18O4/c1-8(2)10(12)14-6-4-5-13-7-9(3)11/h9,11H,1,4-7H2,2-3H3. The third-order valence-electron chi connectivity index (χ3n) is 1.37. The van der Waals surface area contributed by atoms with Crippen LogP contribution >= 0.6 is 0 Å². The van der Waals surface area contributed by atoms with E-state index in [-0.39, 0.29) is 5.97 Å². The highest BCUT2D eigenvalue weighted by molar-refractivity contribution is 5.86. The second kappa shape index (κ2) is 7.53. The molecule has 0 spiro atoms. The van der Waals surface area contributed by atoms with Crippen LogP contribution in [0.25, 0.3) is 0 Å². The van der Waals surface area contributed by atoms with Gasteiger partial charge in [0.1, 0.15) is 0 Å². The predicted molar refractivity (Wildman–Crippen MR) is 52.9 cm³/mol. The summed E-state index contributed by atoms with van der Waals surface area (Å²) < 4.78 is 9.90. The molecule has 0 heterocycles. The lowest BCUT2D eigenvalue weighted by molar-refractivity contribution is -0.139. The summed E-state index contributed by atoms with van der Waals surface area (Å²) in [7, 11) is 0. The summed E-state index contributed by atoms with van der Waals surface area (Å²) in [6.45, 7) is 7.83. The van der Waals surface area contributed by atoms with Crippen molar-refractivity contribution < 1.29 is 19.4 Å². The molecule has 0 rings (SSSR count). The lowest BCUT2D eigenvalue weighted by atomic mass is 10.4. The van der Waals surface area contributed by atoms with Crippen LogP contribution < -0.4 is 0 Å². The average molecular weight is 202 g/mol. The van der Waals surface area contributed by atoms with Gasteiger partial charge in [-0.25, -0.2) is 4.79 Å². The minimum absolute atomic E-state index is 0.314. The summed E-state index contributed by atoms with van der Waals surface area (Å²) in [6, 6.07) is 0. The van der Waals surface area contributed by atoms with Gasteiger partial charge >= 0.3 is 5.97 Å². The van der Waals surface area contributed by atoms with Gasteiger partial charge in [-0.15, -0.1) is 0 Å². The second-order valence-electron chi connectivity index (χ2n) is 3.19. The molecule has 0 saturated heterocycles. The fraction of sp³-hybridized carbons (Fsp3) is 0.700. The third-order valence-corrected chi connectivity index (χ3v) is 1.37. The topological polar surface area (TPSA) is 55.8 Å². The molecule has 4 heteroatoms. The number of hydrogen-bond acceptors (Lipinski definition) is 4. The van der Waals surface area contributed by atoms with Crippen molar-refractivity contribution >= 4 is 5.97 Å². The van der Waals surface area contributed by atoms with Crippen molar-refractivity contribution in [1.82, 2.24) is 0 Å². The van der Waals surface area contributed by atoms with E-state index in [4.69, 9.17) is 14.6 Å². The van der Waals surface area contributed by atoms with E-state index in [2.05, 4.69) is 6.58 Å². The molecule has 14 heavy (non-hydrogen) atoms. The van der Waals surface area contributed by atoms with Crippen molar-refractivity contribution in [2.75, 3.05) is 19.8 Å². The summed E-state index contributed by atoms with van der Waals surface area (Å²) in [5.74, 6) is -0.375. The Balaban J connectivity index is 3.22. The number of carbonyl (C=O) groups is 1. The summed E-state index contributed by atoms with van der Waals surface area (Å²) in [4.78, 5) is 10.9. The first-order valence-electron chi connectivity index (χ1n) is 4.62. The van der Waals surface area contributed by atoms with E-state index < -0.39 is 6.10 Å². The number of aliphatic hydroxyl groups excluding tert-OH is 1. The molecule has 0 saturated carbocycles. The zero-order valence-electron chi connectivity index (χ0n) is 8.78. The van der Waals surface area contributed by atoms with Crippen molar-refractivity contribution in [3.05, 3.63) is 12.2 Å². The smallest absolute Gasteiger partial charge is 0.333 e. The van der Waals surface area contributed by atoms with E-state index in [1.54, 1.807) is 13.8 Å². The van der Waals surface area contributed by atoms with Crippen molar-refractivity contribution in [2.45, 2.75) is 26.4 Å². The molecule has 1 unspecified atom stereocenters. The number of carbonyl (C=O) groups excluding carboxylic acids is 1. The highest BCUT2D eigenvalue weighted by atomic mass is 16.5. The monoisotopic (exact) mass is 202 g/mol. The van der Waals surface area contributed by atoms with Gasteiger partial charge in [-0.2, -0.15) is 0 Å². The number of aliphatic hydroxyl groups is 1. The molecule has 0 aliphatic rings. The van der Waals surface area contributed by atoms with Gasteiger partial charge in [0.2, 0.25) is 0 Å². The van der Waals surface area contributed by atoms with Gasteiger partial charge in [0.05, 0.1) is 19.3 Å².